The fraction of sp³-hybridized carbons (Fsp3) is 0.105. The first-order valence-electron chi connectivity index (χ1n) is 8.58. The smallest absolute Gasteiger partial charge is 0.273 e. The zero-order chi connectivity index (χ0) is 19.5. The van der Waals surface area contributed by atoms with Crippen molar-refractivity contribution in [1.29, 1.82) is 0 Å². The van der Waals surface area contributed by atoms with Crippen molar-refractivity contribution in [3.8, 4) is 5.69 Å². The first-order valence-corrected chi connectivity index (χ1v) is 8.58. The Morgan fingerprint density at radius 2 is 1.79 bits per heavy atom. The predicted molar refractivity (Wildman–Crippen MR) is 103 cm³/mol. The topological polar surface area (TPSA) is 115 Å². The number of hydrogen-bond acceptors (Lipinski definition) is 5. The first kappa shape index (κ1) is 17.4. The second-order valence-electron chi connectivity index (χ2n) is 6.13. The van der Waals surface area contributed by atoms with E-state index in [-0.39, 0.29) is 30.0 Å². The summed E-state index contributed by atoms with van der Waals surface area (Å²) in [5.74, 6) is -0.269. The van der Waals surface area contributed by atoms with Crippen molar-refractivity contribution in [2.45, 2.75) is 13.0 Å². The molecule has 4 aromatic rings. The maximum absolute atomic E-state index is 12.4. The number of carbonyl (C=O) groups excluding carboxylic acids is 1. The summed E-state index contributed by atoms with van der Waals surface area (Å²) >= 11 is 0. The van der Waals surface area contributed by atoms with Crippen molar-refractivity contribution in [1.82, 2.24) is 24.5 Å². The number of carbonyl (C=O) groups is 1. The molecule has 0 aliphatic carbocycles. The van der Waals surface area contributed by atoms with Gasteiger partial charge in [-0.2, -0.15) is 5.10 Å². The molecule has 28 heavy (non-hydrogen) atoms. The summed E-state index contributed by atoms with van der Waals surface area (Å²) in [5.41, 5.74) is 0.739. The van der Waals surface area contributed by atoms with Crippen LogP contribution in [0.15, 0.2) is 70.8 Å². The van der Waals surface area contributed by atoms with Crippen molar-refractivity contribution in [2.24, 2.45) is 0 Å². The summed E-state index contributed by atoms with van der Waals surface area (Å²) in [6.07, 6.45) is 3.06. The van der Waals surface area contributed by atoms with E-state index < -0.39 is 0 Å². The van der Waals surface area contributed by atoms with Crippen LogP contribution in [0, 0.1) is 0 Å². The number of nitrogens with one attached hydrogen (secondary N) is 2. The highest BCUT2D eigenvalue weighted by Gasteiger charge is 2.09. The highest BCUT2D eigenvalue weighted by molar-refractivity contribution is 5.90. The van der Waals surface area contributed by atoms with Crippen LogP contribution >= 0.6 is 0 Å². The molecule has 0 saturated carbocycles. The highest BCUT2D eigenvalue weighted by Crippen LogP contribution is 2.12. The zero-order valence-corrected chi connectivity index (χ0v) is 14.7. The largest absolute Gasteiger partial charge is 0.326 e. The van der Waals surface area contributed by atoms with Gasteiger partial charge in [-0.05, 0) is 36.4 Å². The lowest BCUT2D eigenvalue weighted by atomic mass is 10.2. The fourth-order valence-corrected chi connectivity index (χ4v) is 2.88. The number of amides is 1. The molecule has 2 aromatic heterocycles. The molecule has 2 aromatic carbocycles. The second kappa shape index (κ2) is 7.31. The number of benzene rings is 2. The number of aromatic amines is 1. The molecule has 0 aliphatic rings. The van der Waals surface area contributed by atoms with Gasteiger partial charge in [-0.15, -0.1) is 0 Å². The van der Waals surface area contributed by atoms with E-state index in [0.717, 1.165) is 10.4 Å². The minimum atomic E-state index is -0.362. The van der Waals surface area contributed by atoms with E-state index in [0.29, 0.717) is 16.5 Å². The third-order valence-electron chi connectivity index (χ3n) is 4.28. The van der Waals surface area contributed by atoms with Gasteiger partial charge in [0.2, 0.25) is 5.91 Å². The minimum Gasteiger partial charge on any atom is -0.326 e. The van der Waals surface area contributed by atoms with Gasteiger partial charge in [0.15, 0.2) is 0 Å². The quantitative estimate of drug-likeness (QED) is 0.545. The first-order chi connectivity index (χ1) is 13.6. The molecule has 0 saturated heterocycles. The van der Waals surface area contributed by atoms with Crippen LogP contribution in [-0.2, 0) is 11.3 Å². The second-order valence-corrected chi connectivity index (χ2v) is 6.13. The van der Waals surface area contributed by atoms with E-state index in [1.165, 1.54) is 6.33 Å². The zero-order valence-electron chi connectivity index (χ0n) is 14.7. The molecular weight excluding hydrogens is 360 g/mol. The van der Waals surface area contributed by atoms with Gasteiger partial charge in [0.1, 0.15) is 12.7 Å². The maximum Gasteiger partial charge on any atom is 0.273 e. The van der Waals surface area contributed by atoms with Crippen molar-refractivity contribution in [3.63, 3.8) is 0 Å². The third kappa shape index (κ3) is 3.45. The summed E-state index contributed by atoms with van der Waals surface area (Å²) in [7, 11) is 0. The number of nitrogens with zero attached hydrogens (tertiary/aromatic N) is 4. The Labute approximate surface area is 158 Å². The molecule has 0 bridgehead atoms. The van der Waals surface area contributed by atoms with Crippen LogP contribution < -0.4 is 16.4 Å². The molecule has 0 spiro atoms. The van der Waals surface area contributed by atoms with Crippen molar-refractivity contribution >= 4 is 22.4 Å². The number of rotatable bonds is 5. The molecule has 0 atom stereocenters. The summed E-state index contributed by atoms with van der Waals surface area (Å²) in [5, 5.41) is 9.98. The number of aromatic nitrogens is 5. The molecular formula is C19H16N6O3. The number of anilines is 1. The van der Waals surface area contributed by atoms with Crippen LogP contribution in [0.5, 0.6) is 0 Å². The van der Waals surface area contributed by atoms with Gasteiger partial charge in [0.25, 0.3) is 11.1 Å². The Kier molecular flexibility index (Phi) is 4.55. The van der Waals surface area contributed by atoms with Crippen LogP contribution in [0.3, 0.4) is 0 Å². The van der Waals surface area contributed by atoms with E-state index in [9.17, 15) is 14.4 Å². The Morgan fingerprint density at radius 3 is 2.50 bits per heavy atom. The Hall–Kier alpha value is -4.01. The molecule has 2 heterocycles. The SMILES string of the molecule is O=C(CCn1[nH]c(=O)c2ccccc2c1=O)Nc1ccc(-n2cncn2)cc1. The van der Waals surface area contributed by atoms with Gasteiger partial charge >= 0.3 is 0 Å². The van der Waals surface area contributed by atoms with Crippen molar-refractivity contribution in [3.05, 3.63) is 81.9 Å². The highest BCUT2D eigenvalue weighted by atomic mass is 16.2. The van der Waals surface area contributed by atoms with Crippen LogP contribution in [-0.4, -0.2) is 30.5 Å². The normalized spacial score (nSPS) is 10.9. The van der Waals surface area contributed by atoms with Gasteiger partial charge in [0.05, 0.1) is 23.0 Å². The van der Waals surface area contributed by atoms with Gasteiger partial charge in [-0.25, -0.2) is 14.3 Å². The maximum atomic E-state index is 12.4. The van der Waals surface area contributed by atoms with E-state index in [4.69, 9.17) is 0 Å². The summed E-state index contributed by atoms with van der Waals surface area (Å²) in [6, 6.07) is 13.7. The van der Waals surface area contributed by atoms with Gasteiger partial charge in [0, 0.05) is 12.1 Å². The summed E-state index contributed by atoms with van der Waals surface area (Å²) in [4.78, 5) is 40.6. The lowest BCUT2D eigenvalue weighted by molar-refractivity contribution is -0.116. The van der Waals surface area contributed by atoms with Crippen LogP contribution in [0.2, 0.25) is 0 Å². The molecule has 0 unspecified atom stereocenters. The number of H-pyrrole nitrogens is 1. The summed E-state index contributed by atoms with van der Waals surface area (Å²) in [6.45, 7) is 0.0712. The van der Waals surface area contributed by atoms with E-state index >= 15 is 0 Å². The van der Waals surface area contributed by atoms with Crippen LogP contribution in [0.1, 0.15) is 6.42 Å². The average molecular weight is 376 g/mol. The fourth-order valence-electron chi connectivity index (χ4n) is 2.88. The van der Waals surface area contributed by atoms with Crippen LogP contribution in [0.4, 0.5) is 5.69 Å². The molecule has 0 fully saturated rings. The Morgan fingerprint density at radius 1 is 1.04 bits per heavy atom. The third-order valence-corrected chi connectivity index (χ3v) is 4.28. The standard InChI is InChI=1S/C19H16N6O3/c26-17(22-13-5-7-14(8-6-13)25-12-20-11-21-25)9-10-24-19(28)16-4-2-1-3-15(16)18(27)23-24/h1-8,11-12H,9-10H2,(H,22,26)(H,23,27). The number of hydrogen-bond donors (Lipinski definition) is 2. The lowest BCUT2D eigenvalue weighted by Crippen LogP contribution is -2.31. The van der Waals surface area contributed by atoms with Crippen LogP contribution in [0.25, 0.3) is 16.5 Å². The minimum absolute atomic E-state index is 0.0407. The van der Waals surface area contributed by atoms with Gasteiger partial charge in [-0.1, -0.05) is 12.1 Å². The molecule has 0 aliphatic heterocycles. The number of aryl methyl sites for hydroxylation is 1. The molecule has 9 nitrogen and oxygen atoms in total. The number of fused-ring (bicyclic) bond motifs is 1. The van der Waals surface area contributed by atoms with E-state index in [1.54, 1.807) is 59.5 Å². The Bertz CT molecular complexity index is 1240. The molecule has 1 amide bonds. The lowest BCUT2D eigenvalue weighted by Gasteiger charge is -2.09. The van der Waals surface area contributed by atoms with Crippen molar-refractivity contribution < 1.29 is 4.79 Å². The molecule has 140 valence electrons. The predicted octanol–water partition coefficient (Wildman–Crippen LogP) is 1.30. The van der Waals surface area contributed by atoms with Gasteiger partial charge in [-0.3, -0.25) is 19.5 Å². The monoisotopic (exact) mass is 376 g/mol. The van der Waals surface area contributed by atoms with E-state index in [1.807, 2.05) is 0 Å². The molecule has 0 radical (unpaired) electrons. The Balaban J connectivity index is 1.44. The molecule has 2 N–H and O–H groups in total. The van der Waals surface area contributed by atoms with Gasteiger partial charge < -0.3 is 5.32 Å². The van der Waals surface area contributed by atoms with E-state index in [2.05, 4.69) is 20.5 Å². The molecule has 9 heteroatoms. The average Bonchev–Trinajstić information content (AvgIpc) is 3.25. The van der Waals surface area contributed by atoms with Crippen molar-refractivity contribution in [2.75, 3.05) is 5.32 Å². The molecule has 4 rings (SSSR count). The summed E-state index contributed by atoms with van der Waals surface area (Å²) < 4.78 is 2.77.